The maximum absolute atomic E-state index is 13.1. The quantitative estimate of drug-likeness (QED) is 0.472. The maximum atomic E-state index is 13.1. The molecule has 180 valence electrons. The topological polar surface area (TPSA) is 81.2 Å². The van der Waals surface area contributed by atoms with Gasteiger partial charge in [-0.25, -0.2) is 9.37 Å². The number of halogens is 1. The van der Waals surface area contributed by atoms with Gasteiger partial charge in [-0.05, 0) is 51.2 Å². The smallest absolute Gasteiger partial charge is 0.257 e. The summed E-state index contributed by atoms with van der Waals surface area (Å²) in [6, 6.07) is 4.65. The number of nitrogens with zero attached hydrogens (tertiary/aromatic N) is 3. The third kappa shape index (κ3) is 5.69. The van der Waals surface area contributed by atoms with Crippen LogP contribution in [0, 0.1) is 12.7 Å². The van der Waals surface area contributed by atoms with Crippen molar-refractivity contribution in [3.63, 3.8) is 0 Å². The zero-order valence-corrected chi connectivity index (χ0v) is 20.2. The first-order chi connectivity index (χ1) is 15.9. The summed E-state index contributed by atoms with van der Waals surface area (Å²) in [7, 11) is 0. The van der Waals surface area contributed by atoms with Gasteiger partial charge in [0.2, 0.25) is 0 Å². The van der Waals surface area contributed by atoms with E-state index >= 15 is 0 Å². The fourth-order valence-corrected chi connectivity index (χ4v) is 4.64. The number of aliphatic hydroxyl groups is 1. The molecule has 0 spiro atoms. The van der Waals surface area contributed by atoms with E-state index in [0.29, 0.717) is 30.3 Å². The first-order valence-corrected chi connectivity index (χ1v) is 12.2. The van der Waals surface area contributed by atoms with E-state index in [1.165, 1.54) is 12.1 Å². The van der Waals surface area contributed by atoms with Crippen LogP contribution in [0.5, 0.6) is 0 Å². The molecule has 4 rings (SSSR count). The molecule has 0 radical (unpaired) electrons. The number of fused-ring (bicyclic) bond motifs is 2. The molecule has 3 heterocycles. The van der Waals surface area contributed by atoms with E-state index in [-0.39, 0.29) is 11.4 Å². The number of aromatic nitrogens is 3. The third-order valence-electron chi connectivity index (χ3n) is 6.28. The highest BCUT2D eigenvalue weighted by Crippen LogP contribution is 2.31. The van der Waals surface area contributed by atoms with Gasteiger partial charge in [-0.1, -0.05) is 45.2 Å². The van der Waals surface area contributed by atoms with Crippen molar-refractivity contribution in [1.29, 1.82) is 0 Å². The molecule has 1 unspecified atom stereocenters. The largest absolute Gasteiger partial charge is 0.385 e. The highest BCUT2D eigenvalue weighted by atomic mass is 19.1. The molecular weight excluding hydrogens is 421 g/mol. The van der Waals surface area contributed by atoms with Crippen molar-refractivity contribution in [3.05, 3.63) is 57.1 Å². The van der Waals surface area contributed by atoms with E-state index in [2.05, 4.69) is 30.9 Å². The summed E-state index contributed by atoms with van der Waals surface area (Å²) in [5, 5.41) is 14.9. The standard InChI is InChI=1S/C14H18FNO.C12H18N2O2/c1-3-5-10(6-4-2)14-12-8-7-11(15)9-13(12)17-16-14;1-3-5-9-8(2)13-11-10(15)6-4-7-14(11)12(9)16/h7-10H,3-6H2,1-2H3;10,15H,3-7H2,1-2H3. The third-order valence-corrected chi connectivity index (χ3v) is 6.28. The molecule has 7 heteroatoms. The number of aryl methyl sites for hydroxylation is 1. The molecule has 0 fully saturated rings. The Hall–Kier alpha value is -2.54. The van der Waals surface area contributed by atoms with Crippen LogP contribution in [0.3, 0.4) is 0 Å². The summed E-state index contributed by atoms with van der Waals surface area (Å²) in [5.41, 5.74) is 3.17. The highest BCUT2D eigenvalue weighted by Gasteiger charge is 2.23. The van der Waals surface area contributed by atoms with Crippen LogP contribution in [0.15, 0.2) is 27.5 Å². The predicted molar refractivity (Wildman–Crippen MR) is 128 cm³/mol. The Labute approximate surface area is 194 Å². The molecule has 0 saturated heterocycles. The molecule has 0 bridgehead atoms. The van der Waals surface area contributed by atoms with Gasteiger partial charge < -0.3 is 9.63 Å². The van der Waals surface area contributed by atoms with E-state index in [9.17, 15) is 14.3 Å². The molecule has 33 heavy (non-hydrogen) atoms. The van der Waals surface area contributed by atoms with E-state index in [4.69, 9.17) is 4.52 Å². The van der Waals surface area contributed by atoms with Crippen LogP contribution in [0.25, 0.3) is 11.0 Å². The van der Waals surface area contributed by atoms with Crippen molar-refractivity contribution in [3.8, 4) is 0 Å². The molecule has 2 aromatic heterocycles. The average Bonchev–Trinajstić information content (AvgIpc) is 3.20. The molecule has 6 nitrogen and oxygen atoms in total. The zero-order chi connectivity index (χ0) is 24.0. The Morgan fingerprint density at radius 2 is 1.94 bits per heavy atom. The van der Waals surface area contributed by atoms with Crippen LogP contribution in [-0.4, -0.2) is 19.8 Å². The van der Waals surface area contributed by atoms with Crippen molar-refractivity contribution < 1.29 is 14.0 Å². The summed E-state index contributed by atoms with van der Waals surface area (Å²) >= 11 is 0. The fraction of sp³-hybridized carbons (Fsp3) is 0.577. The second-order valence-corrected chi connectivity index (χ2v) is 8.88. The summed E-state index contributed by atoms with van der Waals surface area (Å²) in [5.74, 6) is 0.702. The van der Waals surface area contributed by atoms with Gasteiger partial charge in [0.25, 0.3) is 5.56 Å². The van der Waals surface area contributed by atoms with E-state index in [1.807, 2.05) is 6.92 Å². The van der Waals surface area contributed by atoms with Gasteiger partial charge in [-0.3, -0.25) is 9.36 Å². The monoisotopic (exact) mass is 457 g/mol. The van der Waals surface area contributed by atoms with Crippen molar-refractivity contribution in [1.82, 2.24) is 14.7 Å². The number of rotatable bonds is 7. The van der Waals surface area contributed by atoms with Gasteiger partial charge in [0.05, 0.1) is 5.69 Å². The zero-order valence-electron chi connectivity index (χ0n) is 20.2. The molecular formula is C26H36FN3O3. The molecule has 1 N–H and O–H groups in total. The number of benzene rings is 1. The van der Waals surface area contributed by atoms with Gasteiger partial charge in [0.15, 0.2) is 5.58 Å². The van der Waals surface area contributed by atoms with Crippen molar-refractivity contribution in [2.75, 3.05) is 0 Å². The minimum atomic E-state index is -0.573. The van der Waals surface area contributed by atoms with E-state index in [1.54, 1.807) is 10.6 Å². The minimum absolute atomic E-state index is 0.0445. The Balaban J connectivity index is 0.000000186. The summed E-state index contributed by atoms with van der Waals surface area (Å²) in [6.07, 6.45) is 7.16. The Morgan fingerprint density at radius 3 is 2.61 bits per heavy atom. The fourth-order valence-electron chi connectivity index (χ4n) is 4.64. The predicted octanol–water partition coefficient (Wildman–Crippen LogP) is 5.98. The number of hydrogen-bond acceptors (Lipinski definition) is 5. The maximum Gasteiger partial charge on any atom is 0.257 e. The van der Waals surface area contributed by atoms with Crippen LogP contribution >= 0.6 is 0 Å². The van der Waals surface area contributed by atoms with Gasteiger partial charge in [0, 0.05) is 35.2 Å². The Morgan fingerprint density at radius 1 is 1.21 bits per heavy atom. The molecule has 1 aliphatic rings. The van der Waals surface area contributed by atoms with Gasteiger partial charge in [-0.2, -0.15) is 0 Å². The lowest BCUT2D eigenvalue weighted by Gasteiger charge is -2.23. The Kier molecular flexibility index (Phi) is 8.78. The van der Waals surface area contributed by atoms with Crippen LogP contribution in [-0.2, 0) is 13.0 Å². The van der Waals surface area contributed by atoms with Crippen LogP contribution in [0.4, 0.5) is 4.39 Å². The van der Waals surface area contributed by atoms with Crippen molar-refractivity contribution in [2.24, 2.45) is 0 Å². The normalized spacial score (nSPS) is 15.4. The van der Waals surface area contributed by atoms with E-state index < -0.39 is 6.10 Å². The second-order valence-electron chi connectivity index (χ2n) is 8.88. The summed E-state index contributed by atoms with van der Waals surface area (Å²) in [4.78, 5) is 16.6. The van der Waals surface area contributed by atoms with Crippen LogP contribution in [0.2, 0.25) is 0 Å². The van der Waals surface area contributed by atoms with Crippen molar-refractivity contribution in [2.45, 2.75) is 97.6 Å². The number of hydrogen-bond donors (Lipinski definition) is 1. The molecule has 0 aliphatic carbocycles. The summed E-state index contributed by atoms with van der Waals surface area (Å²) in [6.45, 7) is 8.94. The lowest BCUT2D eigenvalue weighted by molar-refractivity contribution is 0.130. The highest BCUT2D eigenvalue weighted by molar-refractivity contribution is 5.79. The SMILES string of the molecule is CCCC(CCC)c1noc2cc(F)ccc12.CCCc1c(C)nc2n(c1=O)CCCC2O. The lowest BCUT2D eigenvalue weighted by Crippen LogP contribution is -2.33. The number of aliphatic hydroxyl groups excluding tert-OH is 1. The summed E-state index contributed by atoms with van der Waals surface area (Å²) < 4.78 is 19.9. The molecule has 1 aromatic carbocycles. The second kappa shape index (κ2) is 11.5. The van der Waals surface area contributed by atoms with Gasteiger partial charge in [0.1, 0.15) is 17.7 Å². The average molecular weight is 458 g/mol. The Bertz CT molecular complexity index is 1120. The molecule has 0 saturated carbocycles. The molecule has 1 aliphatic heterocycles. The minimum Gasteiger partial charge on any atom is -0.385 e. The first kappa shape index (κ1) is 25.1. The van der Waals surface area contributed by atoms with Gasteiger partial charge in [-0.15, -0.1) is 0 Å². The molecule has 1 atom stereocenters. The van der Waals surface area contributed by atoms with E-state index in [0.717, 1.165) is 67.3 Å². The van der Waals surface area contributed by atoms with Crippen LogP contribution in [0.1, 0.15) is 101 Å². The van der Waals surface area contributed by atoms with Gasteiger partial charge >= 0.3 is 0 Å². The van der Waals surface area contributed by atoms with Crippen molar-refractivity contribution >= 4 is 11.0 Å². The molecule has 0 amide bonds. The van der Waals surface area contributed by atoms with Crippen LogP contribution < -0.4 is 5.56 Å². The first-order valence-electron chi connectivity index (χ1n) is 12.2. The lowest BCUT2D eigenvalue weighted by atomic mass is 9.93. The molecule has 3 aromatic rings.